The summed E-state index contributed by atoms with van der Waals surface area (Å²) in [7, 11) is 1.74. The van der Waals surface area contributed by atoms with Crippen LogP contribution in [0.25, 0.3) is 11.3 Å². The maximum absolute atomic E-state index is 12.3. The average Bonchev–Trinajstić information content (AvgIpc) is 2.74. The highest BCUT2D eigenvalue weighted by atomic mass is 16.1. The minimum absolute atomic E-state index is 0.0698. The van der Waals surface area contributed by atoms with Crippen molar-refractivity contribution >= 4 is 0 Å². The van der Waals surface area contributed by atoms with E-state index >= 15 is 0 Å². The molecule has 3 aromatic heterocycles. The van der Waals surface area contributed by atoms with E-state index in [2.05, 4.69) is 20.0 Å². The van der Waals surface area contributed by atoms with E-state index in [-0.39, 0.29) is 11.1 Å². The maximum atomic E-state index is 12.3. The predicted octanol–water partition coefficient (Wildman–Crippen LogP) is 1.31. The molecule has 0 unspecified atom stereocenters. The lowest BCUT2D eigenvalue weighted by atomic mass is 9.96. The Bertz CT molecular complexity index is 1080. The molecular weight excluding hydrogens is 368 g/mol. The predicted molar refractivity (Wildman–Crippen MR) is 109 cm³/mol. The largest absolute Gasteiger partial charge is 0.315 e. The van der Waals surface area contributed by atoms with Gasteiger partial charge in [-0.1, -0.05) is 0 Å². The van der Waals surface area contributed by atoms with Crippen molar-refractivity contribution in [2.45, 2.75) is 25.9 Å². The zero-order valence-corrected chi connectivity index (χ0v) is 16.4. The molecule has 0 aromatic carbocycles. The summed E-state index contributed by atoms with van der Waals surface area (Å²) in [5.41, 5.74) is 2.46. The topological polar surface area (TPSA) is 85.9 Å². The Morgan fingerprint density at radius 1 is 1.03 bits per heavy atom. The van der Waals surface area contributed by atoms with Crippen LogP contribution < -0.4 is 11.1 Å². The van der Waals surface area contributed by atoms with Crippen LogP contribution in [-0.4, -0.2) is 42.3 Å². The van der Waals surface area contributed by atoms with Gasteiger partial charge in [0.25, 0.3) is 11.1 Å². The van der Waals surface area contributed by atoms with Crippen molar-refractivity contribution in [3.05, 3.63) is 75.5 Å². The molecule has 4 heterocycles. The van der Waals surface area contributed by atoms with Crippen molar-refractivity contribution in [1.29, 1.82) is 0 Å². The lowest BCUT2D eigenvalue weighted by molar-refractivity contribution is 0.162. The minimum Gasteiger partial charge on any atom is -0.315 e. The van der Waals surface area contributed by atoms with E-state index in [1.54, 1.807) is 47.0 Å². The van der Waals surface area contributed by atoms with Crippen LogP contribution >= 0.6 is 0 Å². The number of aromatic nitrogens is 5. The molecule has 1 saturated heterocycles. The zero-order valence-electron chi connectivity index (χ0n) is 16.4. The van der Waals surface area contributed by atoms with Gasteiger partial charge in [0.05, 0.1) is 17.6 Å². The number of piperidine rings is 1. The fraction of sp³-hybridized carbons (Fsp3) is 0.381. The number of hydrogen-bond donors (Lipinski definition) is 0. The number of nitrogens with zero attached hydrogens (tertiary/aromatic N) is 6. The van der Waals surface area contributed by atoms with Gasteiger partial charge in [-0.15, -0.1) is 0 Å². The fourth-order valence-electron chi connectivity index (χ4n) is 3.69. The maximum Gasteiger partial charge on any atom is 0.268 e. The smallest absolute Gasteiger partial charge is 0.268 e. The Morgan fingerprint density at radius 3 is 2.52 bits per heavy atom. The standard InChI is InChI=1S/C21H24N6O2/c1-25-14-18(23-12-21(25)29)15-26-10-6-16(7-11-26)13-27-20(28)3-2-19(24-27)17-4-8-22-9-5-17/h2-5,8-9,12,14,16H,6-7,10-11,13,15H2,1H3. The number of pyridine rings is 1. The second-order valence-corrected chi connectivity index (χ2v) is 7.52. The van der Waals surface area contributed by atoms with Gasteiger partial charge in [0.1, 0.15) is 0 Å². The van der Waals surface area contributed by atoms with Gasteiger partial charge in [-0.2, -0.15) is 5.10 Å². The molecule has 8 nitrogen and oxygen atoms in total. The Morgan fingerprint density at radius 2 is 1.79 bits per heavy atom. The highest BCUT2D eigenvalue weighted by molar-refractivity contribution is 5.56. The first-order chi connectivity index (χ1) is 14.1. The third-order valence-corrected chi connectivity index (χ3v) is 5.40. The Labute approximate surface area is 168 Å². The zero-order chi connectivity index (χ0) is 20.2. The monoisotopic (exact) mass is 392 g/mol. The molecule has 0 radical (unpaired) electrons. The number of hydrogen-bond acceptors (Lipinski definition) is 6. The van der Waals surface area contributed by atoms with E-state index in [9.17, 15) is 9.59 Å². The molecule has 0 spiro atoms. The number of rotatable bonds is 5. The molecule has 4 rings (SSSR count). The molecule has 150 valence electrons. The van der Waals surface area contributed by atoms with Crippen molar-refractivity contribution in [1.82, 2.24) is 29.2 Å². The summed E-state index contributed by atoms with van der Waals surface area (Å²) in [4.78, 5) is 34.4. The molecule has 29 heavy (non-hydrogen) atoms. The molecule has 0 saturated carbocycles. The van der Waals surface area contributed by atoms with Crippen LogP contribution in [0.15, 0.2) is 58.6 Å². The summed E-state index contributed by atoms with van der Waals surface area (Å²) in [5.74, 6) is 0.414. The van der Waals surface area contributed by atoms with E-state index in [0.29, 0.717) is 12.5 Å². The van der Waals surface area contributed by atoms with Crippen molar-refractivity contribution in [2.24, 2.45) is 13.0 Å². The summed E-state index contributed by atoms with van der Waals surface area (Å²) in [6.07, 6.45) is 8.61. The van der Waals surface area contributed by atoms with Gasteiger partial charge in [-0.3, -0.25) is 24.5 Å². The fourth-order valence-corrected chi connectivity index (χ4v) is 3.69. The quantitative estimate of drug-likeness (QED) is 0.651. The highest BCUT2D eigenvalue weighted by Crippen LogP contribution is 2.20. The van der Waals surface area contributed by atoms with Crippen LogP contribution in [0, 0.1) is 5.92 Å². The van der Waals surface area contributed by atoms with Crippen LogP contribution in [0.1, 0.15) is 18.5 Å². The van der Waals surface area contributed by atoms with E-state index in [1.807, 2.05) is 12.1 Å². The first-order valence-electron chi connectivity index (χ1n) is 9.81. The van der Waals surface area contributed by atoms with Crippen LogP contribution in [0.3, 0.4) is 0 Å². The Hall–Kier alpha value is -3.13. The van der Waals surface area contributed by atoms with Crippen LogP contribution in [0.2, 0.25) is 0 Å². The van der Waals surface area contributed by atoms with Crippen molar-refractivity contribution in [3.8, 4) is 11.3 Å². The summed E-state index contributed by atoms with van der Waals surface area (Å²) >= 11 is 0. The number of likely N-dealkylation sites (tertiary alicyclic amines) is 1. The molecular formula is C21H24N6O2. The molecule has 0 bridgehead atoms. The van der Waals surface area contributed by atoms with Gasteiger partial charge < -0.3 is 4.57 Å². The van der Waals surface area contributed by atoms with E-state index in [1.165, 1.54) is 6.20 Å². The lowest BCUT2D eigenvalue weighted by Gasteiger charge is -2.31. The van der Waals surface area contributed by atoms with E-state index in [0.717, 1.165) is 49.4 Å². The molecule has 1 fully saturated rings. The third kappa shape index (κ3) is 4.65. The molecule has 1 aliphatic rings. The van der Waals surface area contributed by atoms with Gasteiger partial charge in [0, 0.05) is 50.4 Å². The molecule has 0 N–H and O–H groups in total. The first kappa shape index (κ1) is 19.2. The molecule has 3 aromatic rings. The Kier molecular flexibility index (Phi) is 5.62. The van der Waals surface area contributed by atoms with Gasteiger partial charge in [-0.25, -0.2) is 4.68 Å². The van der Waals surface area contributed by atoms with Gasteiger partial charge in [0.2, 0.25) is 0 Å². The summed E-state index contributed by atoms with van der Waals surface area (Å²) in [6.45, 7) is 3.24. The molecule has 1 aliphatic heterocycles. The summed E-state index contributed by atoms with van der Waals surface area (Å²) in [5, 5.41) is 4.56. The molecule has 0 atom stereocenters. The van der Waals surface area contributed by atoms with Crippen LogP contribution in [-0.2, 0) is 20.1 Å². The lowest BCUT2D eigenvalue weighted by Crippen LogP contribution is -2.37. The van der Waals surface area contributed by atoms with Crippen molar-refractivity contribution in [3.63, 3.8) is 0 Å². The van der Waals surface area contributed by atoms with Crippen molar-refractivity contribution in [2.75, 3.05) is 13.1 Å². The minimum atomic E-state index is -0.0978. The summed E-state index contributed by atoms with van der Waals surface area (Å²) < 4.78 is 3.15. The first-order valence-corrected chi connectivity index (χ1v) is 9.81. The Balaban J connectivity index is 1.38. The second-order valence-electron chi connectivity index (χ2n) is 7.52. The van der Waals surface area contributed by atoms with Crippen LogP contribution in [0.5, 0.6) is 0 Å². The van der Waals surface area contributed by atoms with Crippen LogP contribution in [0.4, 0.5) is 0 Å². The molecule has 8 heteroatoms. The van der Waals surface area contributed by atoms with Gasteiger partial charge >= 0.3 is 0 Å². The highest BCUT2D eigenvalue weighted by Gasteiger charge is 2.21. The number of aryl methyl sites for hydroxylation is 1. The summed E-state index contributed by atoms with van der Waals surface area (Å²) in [6, 6.07) is 7.13. The molecule has 0 amide bonds. The normalized spacial score (nSPS) is 15.5. The third-order valence-electron chi connectivity index (χ3n) is 5.40. The molecule has 0 aliphatic carbocycles. The van der Waals surface area contributed by atoms with E-state index in [4.69, 9.17) is 0 Å². The SMILES string of the molecule is Cn1cc(CN2CCC(Cn3nc(-c4ccncc4)ccc3=O)CC2)ncc1=O. The van der Waals surface area contributed by atoms with E-state index < -0.39 is 0 Å². The van der Waals surface area contributed by atoms with Gasteiger partial charge in [0.15, 0.2) is 0 Å². The average molecular weight is 392 g/mol. The van der Waals surface area contributed by atoms with Gasteiger partial charge in [-0.05, 0) is 50.0 Å². The van der Waals surface area contributed by atoms with Crippen molar-refractivity contribution < 1.29 is 0 Å². The second kappa shape index (κ2) is 8.48.